The summed E-state index contributed by atoms with van der Waals surface area (Å²) in [5, 5.41) is 6.12. The predicted octanol–water partition coefficient (Wildman–Crippen LogP) is 0.175. The van der Waals surface area contributed by atoms with Crippen LogP contribution in [0.25, 0.3) is 0 Å². The average molecular weight is 186 g/mol. The Bertz CT molecular complexity index is 176. The first-order valence-electron chi connectivity index (χ1n) is 4.45. The first-order valence-corrected chi connectivity index (χ1v) is 5.60. The van der Waals surface area contributed by atoms with Crippen molar-refractivity contribution in [3.05, 3.63) is 0 Å². The Balaban J connectivity index is 1.67. The Morgan fingerprint density at radius 2 is 2.42 bits per heavy atom. The van der Waals surface area contributed by atoms with E-state index < -0.39 is 0 Å². The van der Waals surface area contributed by atoms with Crippen molar-refractivity contribution >= 4 is 17.7 Å². The van der Waals surface area contributed by atoms with Crippen molar-refractivity contribution in [2.24, 2.45) is 5.92 Å². The van der Waals surface area contributed by atoms with E-state index >= 15 is 0 Å². The number of nitrogens with one attached hydrogen (secondary N) is 2. The summed E-state index contributed by atoms with van der Waals surface area (Å²) in [5.74, 6) is 2.81. The smallest absolute Gasteiger partial charge is 0.238 e. The fourth-order valence-corrected chi connectivity index (χ4v) is 2.20. The second-order valence-corrected chi connectivity index (χ2v) is 4.49. The molecule has 3 nitrogen and oxygen atoms in total. The van der Waals surface area contributed by atoms with Crippen LogP contribution in [0.4, 0.5) is 0 Å². The molecule has 0 spiro atoms. The fourth-order valence-electron chi connectivity index (χ4n) is 1.25. The molecule has 0 bridgehead atoms. The molecule has 0 aromatic heterocycles. The minimum absolute atomic E-state index is 0.0637. The van der Waals surface area contributed by atoms with Gasteiger partial charge in [-0.05, 0) is 18.8 Å². The number of carbonyl (C=O) groups is 1. The standard InChI is InChI=1S/C8H14N2OS/c11-8(7-4-12-5-10-7)9-3-6-1-2-6/h6-7,10H,1-5H2,(H,9,11)/t7-/m0/s1. The summed E-state index contributed by atoms with van der Waals surface area (Å²) in [6.07, 6.45) is 2.60. The minimum Gasteiger partial charge on any atom is -0.354 e. The van der Waals surface area contributed by atoms with Crippen LogP contribution in [0.2, 0.25) is 0 Å². The molecule has 0 unspecified atom stereocenters. The second-order valence-electron chi connectivity index (χ2n) is 3.46. The van der Waals surface area contributed by atoms with Crippen LogP contribution in [0, 0.1) is 5.92 Å². The highest BCUT2D eigenvalue weighted by Gasteiger charge is 2.25. The third kappa shape index (κ3) is 2.14. The predicted molar refractivity (Wildman–Crippen MR) is 50.0 cm³/mol. The van der Waals surface area contributed by atoms with Crippen LogP contribution < -0.4 is 10.6 Å². The largest absolute Gasteiger partial charge is 0.354 e. The fraction of sp³-hybridized carbons (Fsp3) is 0.875. The first kappa shape index (κ1) is 8.38. The zero-order valence-electron chi connectivity index (χ0n) is 7.01. The van der Waals surface area contributed by atoms with Gasteiger partial charge in [0.1, 0.15) is 0 Å². The molecule has 1 saturated carbocycles. The van der Waals surface area contributed by atoms with Gasteiger partial charge in [0.15, 0.2) is 0 Å². The lowest BCUT2D eigenvalue weighted by Crippen LogP contribution is -2.42. The summed E-state index contributed by atoms with van der Waals surface area (Å²) in [7, 11) is 0. The van der Waals surface area contributed by atoms with E-state index in [4.69, 9.17) is 0 Å². The summed E-state index contributed by atoms with van der Waals surface area (Å²) < 4.78 is 0. The minimum atomic E-state index is 0.0637. The van der Waals surface area contributed by atoms with Crippen molar-refractivity contribution in [3.63, 3.8) is 0 Å². The van der Waals surface area contributed by atoms with Crippen LogP contribution in [0.15, 0.2) is 0 Å². The molecule has 1 heterocycles. The molecular formula is C8H14N2OS. The van der Waals surface area contributed by atoms with Gasteiger partial charge in [0.2, 0.25) is 5.91 Å². The molecule has 0 radical (unpaired) electrons. The summed E-state index contributed by atoms with van der Waals surface area (Å²) in [5.41, 5.74) is 0. The molecule has 1 amide bonds. The van der Waals surface area contributed by atoms with Gasteiger partial charge in [-0.1, -0.05) is 0 Å². The number of hydrogen-bond acceptors (Lipinski definition) is 3. The molecule has 2 rings (SSSR count). The zero-order chi connectivity index (χ0) is 8.39. The highest BCUT2D eigenvalue weighted by atomic mass is 32.2. The molecule has 2 fully saturated rings. The van der Waals surface area contributed by atoms with Gasteiger partial charge in [-0.25, -0.2) is 0 Å². The highest BCUT2D eigenvalue weighted by molar-refractivity contribution is 7.99. The van der Waals surface area contributed by atoms with Gasteiger partial charge in [0, 0.05) is 18.2 Å². The SMILES string of the molecule is O=C(NCC1CC1)[C@@H]1CSCN1. The van der Waals surface area contributed by atoms with Gasteiger partial charge in [-0.3, -0.25) is 10.1 Å². The topological polar surface area (TPSA) is 41.1 Å². The molecule has 1 atom stereocenters. The van der Waals surface area contributed by atoms with Crippen LogP contribution in [-0.4, -0.2) is 30.1 Å². The summed E-state index contributed by atoms with van der Waals surface area (Å²) in [4.78, 5) is 11.4. The maximum Gasteiger partial charge on any atom is 0.238 e. The van der Waals surface area contributed by atoms with E-state index in [1.165, 1.54) is 12.8 Å². The van der Waals surface area contributed by atoms with E-state index in [-0.39, 0.29) is 11.9 Å². The summed E-state index contributed by atoms with van der Waals surface area (Å²) in [6.45, 7) is 0.891. The number of hydrogen-bond donors (Lipinski definition) is 2. The molecule has 1 saturated heterocycles. The van der Waals surface area contributed by atoms with Gasteiger partial charge in [-0.15, -0.1) is 11.8 Å². The molecule has 0 aromatic carbocycles. The van der Waals surface area contributed by atoms with Gasteiger partial charge < -0.3 is 5.32 Å². The monoisotopic (exact) mass is 186 g/mol. The van der Waals surface area contributed by atoms with Crippen LogP contribution >= 0.6 is 11.8 Å². The Hall–Kier alpha value is -0.220. The van der Waals surface area contributed by atoms with Crippen molar-refractivity contribution in [3.8, 4) is 0 Å². The lowest BCUT2D eigenvalue weighted by Gasteiger charge is -2.09. The molecule has 1 aliphatic carbocycles. The number of thioether (sulfide) groups is 1. The Kier molecular flexibility index (Phi) is 2.56. The Morgan fingerprint density at radius 1 is 1.58 bits per heavy atom. The van der Waals surface area contributed by atoms with Gasteiger partial charge in [0.25, 0.3) is 0 Å². The Morgan fingerprint density at radius 3 is 3.00 bits per heavy atom. The molecule has 12 heavy (non-hydrogen) atoms. The molecule has 68 valence electrons. The van der Waals surface area contributed by atoms with Crippen molar-refractivity contribution in [2.45, 2.75) is 18.9 Å². The van der Waals surface area contributed by atoms with E-state index in [1.807, 2.05) is 0 Å². The van der Waals surface area contributed by atoms with Crippen LogP contribution in [0.5, 0.6) is 0 Å². The normalized spacial score (nSPS) is 28.8. The summed E-state index contributed by atoms with van der Waals surface area (Å²) in [6, 6.07) is 0.0637. The number of amides is 1. The number of rotatable bonds is 3. The lowest BCUT2D eigenvalue weighted by atomic mass is 10.3. The van der Waals surface area contributed by atoms with Gasteiger partial charge in [-0.2, -0.15) is 0 Å². The van der Waals surface area contributed by atoms with E-state index in [0.717, 1.165) is 24.1 Å². The molecule has 4 heteroatoms. The van der Waals surface area contributed by atoms with Crippen LogP contribution in [0.1, 0.15) is 12.8 Å². The number of carbonyl (C=O) groups excluding carboxylic acids is 1. The first-order chi connectivity index (χ1) is 5.86. The average Bonchev–Trinajstić information content (AvgIpc) is 2.74. The summed E-state index contributed by atoms with van der Waals surface area (Å²) >= 11 is 1.79. The van der Waals surface area contributed by atoms with Crippen molar-refractivity contribution in [1.82, 2.24) is 10.6 Å². The highest BCUT2D eigenvalue weighted by Crippen LogP contribution is 2.27. The van der Waals surface area contributed by atoms with E-state index in [1.54, 1.807) is 11.8 Å². The molecule has 1 aliphatic heterocycles. The molecular weight excluding hydrogens is 172 g/mol. The maximum atomic E-state index is 11.4. The van der Waals surface area contributed by atoms with E-state index in [9.17, 15) is 4.79 Å². The van der Waals surface area contributed by atoms with Crippen molar-refractivity contribution in [2.75, 3.05) is 18.2 Å². The van der Waals surface area contributed by atoms with E-state index in [0.29, 0.717) is 0 Å². The van der Waals surface area contributed by atoms with Gasteiger partial charge in [0.05, 0.1) is 6.04 Å². The van der Waals surface area contributed by atoms with E-state index in [2.05, 4.69) is 10.6 Å². The van der Waals surface area contributed by atoms with Crippen molar-refractivity contribution in [1.29, 1.82) is 0 Å². The lowest BCUT2D eigenvalue weighted by molar-refractivity contribution is -0.122. The molecule has 0 aromatic rings. The Labute approximate surface area is 76.7 Å². The molecule has 2 N–H and O–H groups in total. The zero-order valence-corrected chi connectivity index (χ0v) is 7.82. The third-order valence-electron chi connectivity index (χ3n) is 2.29. The molecule has 2 aliphatic rings. The van der Waals surface area contributed by atoms with Crippen LogP contribution in [-0.2, 0) is 4.79 Å². The van der Waals surface area contributed by atoms with Crippen LogP contribution in [0.3, 0.4) is 0 Å². The second kappa shape index (κ2) is 3.66. The van der Waals surface area contributed by atoms with Crippen molar-refractivity contribution < 1.29 is 4.79 Å². The third-order valence-corrected chi connectivity index (χ3v) is 3.23. The quantitative estimate of drug-likeness (QED) is 0.660. The maximum absolute atomic E-state index is 11.4. The van der Waals surface area contributed by atoms with Gasteiger partial charge >= 0.3 is 0 Å².